The average molecular weight is 358 g/mol. The zero-order valence-corrected chi connectivity index (χ0v) is 13.7. The summed E-state index contributed by atoms with van der Waals surface area (Å²) in [7, 11) is 0. The van der Waals surface area contributed by atoms with Crippen LogP contribution in [0.5, 0.6) is 5.75 Å². The Morgan fingerprint density at radius 1 is 1.39 bits per heavy atom. The van der Waals surface area contributed by atoms with E-state index in [0.717, 1.165) is 11.3 Å². The lowest BCUT2D eigenvalue weighted by atomic mass is 10.1. The molecule has 5 nitrogen and oxygen atoms in total. The van der Waals surface area contributed by atoms with E-state index in [0.29, 0.717) is 35.4 Å². The highest BCUT2D eigenvalue weighted by atomic mass is 35.5. The number of nitrogens with two attached hydrogens (primary N) is 1. The van der Waals surface area contributed by atoms with Crippen LogP contribution in [0.15, 0.2) is 39.9 Å². The second-order valence-corrected chi connectivity index (χ2v) is 5.68. The summed E-state index contributed by atoms with van der Waals surface area (Å²) in [6.45, 7) is 0.919. The van der Waals surface area contributed by atoms with Gasteiger partial charge in [-0.3, -0.25) is 4.99 Å². The Morgan fingerprint density at radius 2 is 2.26 bits per heavy atom. The molecule has 2 aromatic rings. The summed E-state index contributed by atoms with van der Waals surface area (Å²) in [6, 6.07) is 6.51. The number of nitrogens with zero attached hydrogens (tertiary/aromatic N) is 1. The second-order valence-electron chi connectivity index (χ2n) is 4.69. The first-order valence-electron chi connectivity index (χ1n) is 6.69. The van der Waals surface area contributed by atoms with Gasteiger partial charge in [0.1, 0.15) is 17.3 Å². The molecule has 3 rings (SSSR count). The van der Waals surface area contributed by atoms with E-state index in [-0.39, 0.29) is 25.0 Å². The summed E-state index contributed by atoms with van der Waals surface area (Å²) < 4.78 is 29.4. The molecule has 2 heterocycles. The quantitative estimate of drug-likeness (QED) is 0.618. The average Bonchev–Trinajstić information content (AvgIpc) is 3.04. The molecule has 2 N–H and O–H groups in total. The van der Waals surface area contributed by atoms with E-state index in [1.807, 2.05) is 6.07 Å². The molecule has 0 amide bonds. The molecule has 0 radical (unpaired) electrons. The summed E-state index contributed by atoms with van der Waals surface area (Å²) in [5.74, 6) is 1.59. The van der Waals surface area contributed by atoms with Gasteiger partial charge in [-0.05, 0) is 24.3 Å². The molecule has 124 valence electrons. The Bertz CT molecular complexity index is 680. The predicted octanol–water partition coefficient (Wildman–Crippen LogP) is 0.0373. The van der Waals surface area contributed by atoms with Gasteiger partial charge in [0, 0.05) is 16.9 Å². The van der Waals surface area contributed by atoms with Crippen LogP contribution in [0.1, 0.15) is 16.9 Å². The molecule has 0 saturated heterocycles. The fourth-order valence-corrected chi connectivity index (χ4v) is 2.79. The van der Waals surface area contributed by atoms with Crippen LogP contribution in [-0.4, -0.2) is 12.0 Å². The van der Waals surface area contributed by atoms with Gasteiger partial charge in [0.25, 0.3) is 0 Å². The van der Waals surface area contributed by atoms with Crippen LogP contribution in [0.4, 0.5) is 4.39 Å². The first-order chi connectivity index (χ1) is 10.7. The Hall–Kier alpha value is -1.70. The van der Waals surface area contributed by atoms with E-state index in [2.05, 4.69) is 4.99 Å². The SMILES string of the molecule is NC(=NCc1ccco1)SCc1cc(F)cc2c1OCOC2.[Cl-]. The number of halogens is 2. The molecule has 0 saturated carbocycles. The van der Waals surface area contributed by atoms with Crippen LogP contribution in [0.3, 0.4) is 0 Å². The normalized spacial score (nSPS) is 13.9. The molecule has 23 heavy (non-hydrogen) atoms. The van der Waals surface area contributed by atoms with Crippen molar-refractivity contribution >= 4 is 16.9 Å². The summed E-state index contributed by atoms with van der Waals surface area (Å²) in [4.78, 5) is 4.22. The lowest BCUT2D eigenvalue weighted by Crippen LogP contribution is -3.00. The Labute approximate surface area is 143 Å². The minimum absolute atomic E-state index is 0. The van der Waals surface area contributed by atoms with E-state index in [9.17, 15) is 4.39 Å². The summed E-state index contributed by atoms with van der Waals surface area (Å²) in [6.07, 6.45) is 1.59. The fraction of sp³-hybridized carbons (Fsp3) is 0.267. The zero-order valence-electron chi connectivity index (χ0n) is 12.1. The molecule has 0 atom stereocenters. The van der Waals surface area contributed by atoms with Gasteiger partial charge in [-0.1, -0.05) is 11.8 Å². The Kier molecular flexibility index (Phi) is 6.32. The maximum absolute atomic E-state index is 13.6. The van der Waals surface area contributed by atoms with Crippen LogP contribution in [-0.2, 0) is 23.6 Å². The number of hydrogen-bond donors (Lipinski definition) is 1. The molecule has 0 fully saturated rings. The number of rotatable bonds is 4. The van der Waals surface area contributed by atoms with Gasteiger partial charge in [-0.15, -0.1) is 0 Å². The Morgan fingerprint density at radius 3 is 3.04 bits per heavy atom. The van der Waals surface area contributed by atoms with Gasteiger partial charge in [-0.2, -0.15) is 0 Å². The number of furan rings is 1. The van der Waals surface area contributed by atoms with E-state index in [1.165, 1.54) is 23.9 Å². The molecular formula is C15H15ClFN2O3S-. The van der Waals surface area contributed by atoms with E-state index in [1.54, 1.807) is 12.3 Å². The first-order valence-corrected chi connectivity index (χ1v) is 7.68. The number of benzene rings is 1. The standard InChI is InChI=1S/C15H15FN2O3S.ClH/c16-12-4-10-7-19-9-21-14(10)11(5-12)8-22-15(17)18-6-13-2-1-3-20-13;/h1-5H,6-9H2,(H2,17,18);1H/p-1. The van der Waals surface area contributed by atoms with E-state index in [4.69, 9.17) is 19.6 Å². The van der Waals surface area contributed by atoms with Crippen LogP contribution >= 0.6 is 11.8 Å². The molecular weight excluding hydrogens is 343 g/mol. The van der Waals surface area contributed by atoms with Crippen molar-refractivity contribution in [3.63, 3.8) is 0 Å². The van der Waals surface area contributed by atoms with Gasteiger partial charge in [0.2, 0.25) is 0 Å². The highest BCUT2D eigenvalue weighted by molar-refractivity contribution is 8.13. The van der Waals surface area contributed by atoms with Crippen molar-refractivity contribution in [2.75, 3.05) is 6.79 Å². The smallest absolute Gasteiger partial charge is 0.189 e. The number of aliphatic imine (C=N–C) groups is 1. The van der Waals surface area contributed by atoms with Crippen molar-refractivity contribution in [3.05, 3.63) is 53.2 Å². The van der Waals surface area contributed by atoms with Crippen molar-refractivity contribution in [3.8, 4) is 5.75 Å². The lowest BCUT2D eigenvalue weighted by Gasteiger charge is -2.20. The minimum atomic E-state index is -0.311. The first kappa shape index (κ1) is 17.7. The van der Waals surface area contributed by atoms with Crippen molar-refractivity contribution in [1.29, 1.82) is 0 Å². The number of fused-ring (bicyclic) bond motifs is 1. The Balaban J connectivity index is 0.00000192. The highest BCUT2D eigenvalue weighted by Crippen LogP contribution is 2.31. The topological polar surface area (TPSA) is 70.0 Å². The van der Waals surface area contributed by atoms with E-state index < -0.39 is 0 Å². The highest BCUT2D eigenvalue weighted by Gasteiger charge is 2.17. The molecule has 1 aliphatic rings. The van der Waals surface area contributed by atoms with Crippen LogP contribution in [0, 0.1) is 5.82 Å². The maximum atomic E-state index is 13.6. The third-order valence-corrected chi connectivity index (χ3v) is 3.98. The van der Waals surface area contributed by atoms with Gasteiger partial charge in [-0.25, -0.2) is 4.39 Å². The summed E-state index contributed by atoms with van der Waals surface area (Å²) in [5.41, 5.74) is 7.33. The van der Waals surface area contributed by atoms with Gasteiger partial charge >= 0.3 is 0 Å². The molecule has 1 aliphatic heterocycles. The van der Waals surface area contributed by atoms with Gasteiger partial charge in [0.15, 0.2) is 12.0 Å². The molecule has 0 aliphatic carbocycles. The molecule has 0 unspecified atom stereocenters. The van der Waals surface area contributed by atoms with Gasteiger partial charge in [0.05, 0.1) is 19.4 Å². The van der Waals surface area contributed by atoms with Crippen molar-refractivity contribution in [2.45, 2.75) is 18.9 Å². The predicted molar refractivity (Wildman–Crippen MR) is 82.0 cm³/mol. The van der Waals surface area contributed by atoms with Gasteiger partial charge < -0.3 is 32.0 Å². The van der Waals surface area contributed by atoms with Crippen molar-refractivity contribution in [2.24, 2.45) is 10.7 Å². The zero-order chi connectivity index (χ0) is 15.4. The van der Waals surface area contributed by atoms with Crippen molar-refractivity contribution < 1.29 is 30.7 Å². The largest absolute Gasteiger partial charge is 1.00 e. The number of ether oxygens (including phenoxy) is 2. The summed E-state index contributed by atoms with van der Waals surface area (Å²) >= 11 is 1.33. The maximum Gasteiger partial charge on any atom is 0.189 e. The third-order valence-electron chi connectivity index (χ3n) is 3.10. The molecule has 0 bridgehead atoms. The molecule has 0 spiro atoms. The molecule has 8 heteroatoms. The number of thioether (sulfide) groups is 1. The number of amidine groups is 1. The molecule has 1 aromatic heterocycles. The molecule has 1 aromatic carbocycles. The van der Waals surface area contributed by atoms with Crippen molar-refractivity contribution in [1.82, 2.24) is 0 Å². The number of hydrogen-bond acceptors (Lipinski definition) is 5. The lowest BCUT2D eigenvalue weighted by molar-refractivity contribution is -0.0171. The van der Waals surface area contributed by atoms with Crippen LogP contribution in [0.25, 0.3) is 0 Å². The fourth-order valence-electron chi connectivity index (χ4n) is 2.12. The second kappa shape index (κ2) is 8.24. The van der Waals surface area contributed by atoms with E-state index >= 15 is 0 Å². The minimum Gasteiger partial charge on any atom is -1.00 e. The monoisotopic (exact) mass is 357 g/mol. The van der Waals surface area contributed by atoms with Crippen LogP contribution in [0.2, 0.25) is 0 Å². The summed E-state index contributed by atoms with van der Waals surface area (Å²) in [5, 5.41) is 0.418. The third kappa shape index (κ3) is 4.63. The van der Waals surface area contributed by atoms with Crippen LogP contribution < -0.4 is 22.9 Å².